The maximum Gasteiger partial charge on any atom is 0.329 e. The first-order valence-electron chi connectivity index (χ1n) is 6.66. The number of fused-ring (bicyclic) bond motifs is 1. The van der Waals surface area contributed by atoms with Gasteiger partial charge < -0.3 is 10.2 Å². The van der Waals surface area contributed by atoms with E-state index in [4.69, 9.17) is 0 Å². The van der Waals surface area contributed by atoms with Gasteiger partial charge in [0.25, 0.3) is 0 Å². The van der Waals surface area contributed by atoms with Crippen molar-refractivity contribution in [2.24, 2.45) is 0 Å². The number of hydrogen-bond donors (Lipinski definition) is 2. The molecule has 1 aromatic carbocycles. The molecular formula is C15H19NO4. The zero-order valence-corrected chi connectivity index (χ0v) is 11.9. The molecule has 2 rings (SSSR count). The molecule has 0 bridgehead atoms. The number of anilines is 1. The summed E-state index contributed by atoms with van der Waals surface area (Å²) in [6.07, 6.45) is 0.213. The van der Waals surface area contributed by atoms with E-state index >= 15 is 0 Å². The van der Waals surface area contributed by atoms with Crippen molar-refractivity contribution < 1.29 is 19.8 Å². The number of carbonyl (C=O) groups is 2. The van der Waals surface area contributed by atoms with Gasteiger partial charge >= 0.3 is 5.97 Å². The van der Waals surface area contributed by atoms with Gasteiger partial charge in [-0.05, 0) is 37.5 Å². The number of carboxylic acids is 1. The van der Waals surface area contributed by atoms with Crippen LogP contribution in [0.2, 0.25) is 0 Å². The summed E-state index contributed by atoms with van der Waals surface area (Å²) in [7, 11) is 0. The van der Waals surface area contributed by atoms with Crippen LogP contribution in [0.25, 0.3) is 0 Å². The number of rotatable bonds is 4. The lowest BCUT2D eigenvalue weighted by Gasteiger charge is -2.32. The third-order valence-corrected chi connectivity index (χ3v) is 3.79. The van der Waals surface area contributed by atoms with Crippen molar-refractivity contribution in [2.45, 2.75) is 45.3 Å². The van der Waals surface area contributed by atoms with E-state index in [0.29, 0.717) is 12.1 Å². The van der Waals surface area contributed by atoms with Crippen LogP contribution in [-0.2, 0) is 16.0 Å². The number of aliphatic carboxylic acids is 1. The van der Waals surface area contributed by atoms with Crippen molar-refractivity contribution >= 4 is 17.6 Å². The van der Waals surface area contributed by atoms with E-state index < -0.39 is 17.6 Å². The van der Waals surface area contributed by atoms with Crippen LogP contribution in [0.3, 0.4) is 0 Å². The van der Waals surface area contributed by atoms with E-state index in [-0.39, 0.29) is 12.3 Å². The molecule has 0 saturated carbocycles. The van der Waals surface area contributed by atoms with E-state index in [1.54, 1.807) is 18.2 Å². The second kappa shape index (κ2) is 4.90. The smallest absolute Gasteiger partial charge is 0.329 e. The van der Waals surface area contributed by atoms with E-state index in [2.05, 4.69) is 0 Å². The van der Waals surface area contributed by atoms with Crippen LogP contribution < -0.4 is 4.90 Å². The van der Waals surface area contributed by atoms with Gasteiger partial charge in [0.05, 0.1) is 12.5 Å². The molecule has 0 aliphatic carbocycles. The van der Waals surface area contributed by atoms with E-state index in [1.807, 2.05) is 6.92 Å². The Hall–Kier alpha value is -1.88. The zero-order valence-electron chi connectivity index (χ0n) is 11.9. The molecule has 0 fully saturated rings. The lowest BCUT2D eigenvalue weighted by Crippen LogP contribution is -2.51. The fraction of sp³-hybridized carbons (Fsp3) is 0.467. The molecular weight excluding hydrogens is 258 g/mol. The molecule has 2 N–H and O–H groups in total. The summed E-state index contributed by atoms with van der Waals surface area (Å²) in [4.78, 5) is 24.8. The third kappa shape index (κ3) is 2.18. The Morgan fingerprint density at radius 2 is 2.10 bits per heavy atom. The molecule has 1 aromatic rings. The van der Waals surface area contributed by atoms with Gasteiger partial charge in [0.15, 0.2) is 0 Å². The molecule has 0 spiro atoms. The van der Waals surface area contributed by atoms with Crippen molar-refractivity contribution in [3.05, 3.63) is 29.3 Å². The zero-order chi connectivity index (χ0) is 15.1. The first-order chi connectivity index (χ1) is 9.28. The predicted molar refractivity (Wildman–Crippen MR) is 74.6 cm³/mol. The highest BCUT2D eigenvalue weighted by Gasteiger charge is 2.43. The van der Waals surface area contributed by atoms with Crippen LogP contribution in [0, 0.1) is 0 Å². The van der Waals surface area contributed by atoms with Crippen molar-refractivity contribution in [2.75, 3.05) is 4.90 Å². The minimum Gasteiger partial charge on any atom is -0.480 e. The predicted octanol–water partition coefficient (Wildman–Crippen LogP) is 1.88. The Bertz CT molecular complexity index is 565. The van der Waals surface area contributed by atoms with Gasteiger partial charge in [-0.2, -0.15) is 0 Å². The van der Waals surface area contributed by atoms with Crippen molar-refractivity contribution in [1.82, 2.24) is 0 Å². The van der Waals surface area contributed by atoms with Gasteiger partial charge in [-0.25, -0.2) is 4.79 Å². The lowest BCUT2D eigenvalue weighted by molar-refractivity contribution is -0.143. The number of hydrogen-bond acceptors (Lipinski definition) is 3. The summed E-state index contributed by atoms with van der Waals surface area (Å²) >= 11 is 0. The number of carbonyl (C=O) groups excluding carboxylic acids is 1. The third-order valence-electron chi connectivity index (χ3n) is 3.79. The summed E-state index contributed by atoms with van der Waals surface area (Å²) in [5.74, 6) is -1.27. The summed E-state index contributed by atoms with van der Waals surface area (Å²) in [5, 5.41) is 19.1. The summed E-state index contributed by atoms with van der Waals surface area (Å²) in [6.45, 7) is 4.90. The molecule has 0 aromatic heterocycles. The molecule has 1 amide bonds. The minimum atomic E-state index is -1.28. The van der Waals surface area contributed by atoms with Gasteiger partial charge in [-0.3, -0.25) is 9.69 Å². The molecule has 1 atom stereocenters. The monoisotopic (exact) mass is 277 g/mol. The molecule has 20 heavy (non-hydrogen) atoms. The van der Waals surface area contributed by atoms with Crippen LogP contribution in [0.15, 0.2) is 18.2 Å². The Morgan fingerprint density at radius 3 is 2.65 bits per heavy atom. The van der Waals surface area contributed by atoms with Crippen LogP contribution in [0.5, 0.6) is 0 Å². The molecule has 1 aliphatic rings. The Kier molecular flexibility index (Phi) is 3.56. The van der Waals surface area contributed by atoms with Gasteiger partial charge in [-0.15, -0.1) is 0 Å². The van der Waals surface area contributed by atoms with Gasteiger partial charge in [0.2, 0.25) is 5.91 Å². The molecule has 5 heteroatoms. The molecule has 108 valence electrons. The standard InChI is InChI=1S/C15H19NO4/c1-4-12(17)9-5-6-11-10(7-9)8-13(18)16(11)15(2,3)14(19)20/h5-7,12,17H,4,8H2,1-3H3,(H,19,20). The maximum absolute atomic E-state index is 12.1. The highest BCUT2D eigenvalue weighted by Crippen LogP contribution is 2.36. The fourth-order valence-electron chi connectivity index (χ4n) is 2.49. The average Bonchev–Trinajstić information content (AvgIpc) is 2.72. The molecule has 0 radical (unpaired) electrons. The number of carboxylic acid groups (broad SMARTS) is 1. The largest absolute Gasteiger partial charge is 0.480 e. The Labute approximate surface area is 117 Å². The maximum atomic E-state index is 12.1. The van der Waals surface area contributed by atoms with Gasteiger partial charge in [0.1, 0.15) is 5.54 Å². The SMILES string of the molecule is CCC(O)c1ccc2c(c1)CC(=O)N2C(C)(C)C(=O)O. The lowest BCUT2D eigenvalue weighted by atomic mass is 10.0. The molecule has 1 unspecified atom stereocenters. The Morgan fingerprint density at radius 1 is 1.45 bits per heavy atom. The molecule has 1 aliphatic heterocycles. The van der Waals surface area contributed by atoms with Crippen molar-refractivity contribution in [1.29, 1.82) is 0 Å². The summed E-state index contributed by atoms with van der Waals surface area (Å²) < 4.78 is 0. The van der Waals surface area contributed by atoms with Crippen LogP contribution in [0.1, 0.15) is 44.4 Å². The topological polar surface area (TPSA) is 77.8 Å². The van der Waals surface area contributed by atoms with Crippen molar-refractivity contribution in [3.63, 3.8) is 0 Å². The quantitative estimate of drug-likeness (QED) is 0.881. The number of aliphatic hydroxyl groups is 1. The van der Waals surface area contributed by atoms with Crippen LogP contribution in [0.4, 0.5) is 5.69 Å². The first-order valence-corrected chi connectivity index (χ1v) is 6.66. The van der Waals surface area contributed by atoms with E-state index in [1.165, 1.54) is 18.7 Å². The Balaban J connectivity index is 2.45. The summed E-state index contributed by atoms with van der Waals surface area (Å²) in [6, 6.07) is 5.26. The highest BCUT2D eigenvalue weighted by molar-refractivity contribution is 6.07. The molecule has 1 heterocycles. The summed E-state index contributed by atoms with van der Waals surface area (Å²) in [5.41, 5.74) is 0.866. The molecule has 5 nitrogen and oxygen atoms in total. The normalized spacial score (nSPS) is 16.2. The second-order valence-electron chi connectivity index (χ2n) is 5.58. The van der Waals surface area contributed by atoms with Crippen molar-refractivity contribution in [3.8, 4) is 0 Å². The fourth-order valence-corrected chi connectivity index (χ4v) is 2.49. The molecule has 0 saturated heterocycles. The number of nitrogens with zero attached hydrogens (tertiary/aromatic N) is 1. The van der Waals surface area contributed by atoms with Crippen LogP contribution in [-0.4, -0.2) is 27.6 Å². The van der Waals surface area contributed by atoms with Crippen LogP contribution >= 0.6 is 0 Å². The van der Waals surface area contributed by atoms with E-state index in [0.717, 1.165) is 11.1 Å². The first kappa shape index (κ1) is 14.5. The van der Waals surface area contributed by atoms with Gasteiger partial charge in [-0.1, -0.05) is 19.1 Å². The number of benzene rings is 1. The van der Waals surface area contributed by atoms with Gasteiger partial charge in [0, 0.05) is 5.69 Å². The number of aliphatic hydroxyl groups excluding tert-OH is 1. The average molecular weight is 277 g/mol. The minimum absolute atomic E-state index is 0.177. The highest BCUT2D eigenvalue weighted by atomic mass is 16.4. The van der Waals surface area contributed by atoms with E-state index in [9.17, 15) is 19.8 Å². The number of amides is 1. The second-order valence-corrected chi connectivity index (χ2v) is 5.58.